The lowest BCUT2D eigenvalue weighted by atomic mass is 9.94. The molecule has 25 aromatic rings. The normalized spacial score (nSPS) is 12.0. The van der Waals surface area contributed by atoms with Crippen LogP contribution in [-0.2, 0) is 0 Å². The smallest absolute Gasteiger partial charge is 0.138 e. The summed E-state index contributed by atoms with van der Waals surface area (Å²) in [6, 6.07) is 114. The quantitative estimate of drug-likeness (QED) is 0.142. The van der Waals surface area contributed by atoms with Crippen LogP contribution in [-0.4, -0.2) is 48.7 Å². The number of rotatable bonds is 7. The molecule has 15 aromatic carbocycles. The number of aromatic nitrogens is 10. The van der Waals surface area contributed by atoms with Crippen LogP contribution < -0.4 is 0 Å². The Bertz CT molecular complexity index is 8380. The van der Waals surface area contributed by atoms with Crippen LogP contribution in [0.3, 0.4) is 0 Å². The Morgan fingerprint density at radius 2 is 0.605 bits per heavy atom. The van der Waals surface area contributed by atoms with Gasteiger partial charge in [-0.1, -0.05) is 212 Å². The number of para-hydroxylation sites is 2. The molecule has 528 valence electrons. The minimum absolute atomic E-state index is 0.758. The van der Waals surface area contributed by atoms with Gasteiger partial charge in [-0.2, -0.15) is 0 Å². The van der Waals surface area contributed by atoms with Crippen molar-refractivity contribution in [3.05, 3.63) is 352 Å². The predicted molar refractivity (Wildman–Crippen MR) is 465 cm³/mol. The predicted octanol–water partition coefficient (Wildman–Crippen LogP) is 26.0. The summed E-state index contributed by atoms with van der Waals surface area (Å²) in [6.45, 7) is 0. The van der Waals surface area contributed by atoms with E-state index in [4.69, 9.17) is 48.7 Å². The van der Waals surface area contributed by atoms with Crippen molar-refractivity contribution in [3.8, 4) is 78.7 Å². The van der Waals surface area contributed by atoms with Crippen molar-refractivity contribution in [2.24, 2.45) is 0 Å². The zero-order valence-electron chi connectivity index (χ0n) is 60.8. The Morgan fingerprint density at radius 1 is 0.211 bits per heavy atom. The molecule has 114 heavy (non-hydrogen) atoms. The second-order valence-corrected chi connectivity index (χ2v) is 29.3. The number of benzene rings is 15. The molecule has 0 spiro atoms. The van der Waals surface area contributed by atoms with Crippen LogP contribution in [0.25, 0.3) is 243 Å². The second-order valence-electron chi connectivity index (χ2n) is 29.3. The third kappa shape index (κ3) is 9.97. The van der Waals surface area contributed by atoms with Crippen molar-refractivity contribution < 1.29 is 8.83 Å². The first-order valence-electron chi connectivity index (χ1n) is 38.2. The summed E-state index contributed by atoms with van der Waals surface area (Å²) in [5.74, 6) is 0. The largest absolute Gasteiger partial charge is 0.456 e. The maximum Gasteiger partial charge on any atom is 0.138 e. The summed E-state index contributed by atoms with van der Waals surface area (Å²) in [6.07, 6.45) is 7.94. The number of furan rings is 2. The minimum Gasteiger partial charge on any atom is -0.456 e. The molecule has 0 aliphatic carbocycles. The highest BCUT2D eigenvalue weighted by molar-refractivity contribution is 6.26. The molecule has 0 saturated carbocycles. The average molecular weight is 1460 g/mol. The first-order valence-corrected chi connectivity index (χ1v) is 38.2. The molecular weight excluding hydrogens is 1400 g/mol. The van der Waals surface area contributed by atoms with Gasteiger partial charge in [0.25, 0.3) is 0 Å². The molecule has 0 radical (unpaired) electrons. The maximum absolute atomic E-state index is 6.12. The third-order valence-corrected chi connectivity index (χ3v) is 22.8. The van der Waals surface area contributed by atoms with Gasteiger partial charge in [-0.05, 0) is 181 Å². The van der Waals surface area contributed by atoms with Gasteiger partial charge < -0.3 is 8.83 Å². The van der Waals surface area contributed by atoms with Crippen LogP contribution in [0.2, 0.25) is 0 Å². The molecule has 10 heterocycles. The molecular formula is C102H58N10O2. The third-order valence-electron chi connectivity index (χ3n) is 22.8. The molecule has 0 saturated heterocycles. The summed E-state index contributed by atoms with van der Waals surface area (Å²) in [7, 11) is 0. The lowest BCUT2D eigenvalue weighted by molar-refractivity contribution is 0.668. The highest BCUT2D eigenvalue weighted by atomic mass is 16.3. The van der Waals surface area contributed by atoms with Gasteiger partial charge >= 0.3 is 0 Å². The highest BCUT2D eigenvalue weighted by Crippen LogP contribution is 2.45. The summed E-state index contributed by atoms with van der Waals surface area (Å²) >= 11 is 0. The lowest BCUT2D eigenvalue weighted by Crippen LogP contribution is -1.98. The van der Waals surface area contributed by atoms with Gasteiger partial charge in [0.2, 0.25) is 0 Å². The van der Waals surface area contributed by atoms with E-state index in [0.717, 1.165) is 232 Å². The van der Waals surface area contributed by atoms with Crippen LogP contribution >= 0.6 is 0 Å². The Labute approximate surface area is 648 Å². The van der Waals surface area contributed by atoms with Crippen molar-refractivity contribution >= 4 is 164 Å². The van der Waals surface area contributed by atoms with E-state index in [9.17, 15) is 0 Å². The standard InChI is InChI=1S/C54H31N5O.C48H27N5O/c1-2-10-33(11-3-1)50-53(45-15-8-9-26-55-45)58-51-42-28-34(18-17-32(42)20-23-46(51)56-50)35-19-22-41-43(29-35)38-12-4-5-14-40(38)52-54(41)59-27-25-37(31-49(59)57-52)36-21-24-48-44(30-36)39-13-6-7-16-47(39)60-48;1-2-10-32-28(9-1)17-20-40-45(32)52-47(39-14-7-8-23-49-39)44(50-40)31-16-19-36-37(26-31)33-11-3-4-13-35(33)46-48(36)53-24-22-30(27-43(53)51-46)29-18-21-42-38(25-29)34-12-5-6-15-41(34)54-42/h1-31H;1-27H. The minimum atomic E-state index is 0.758. The van der Waals surface area contributed by atoms with E-state index in [0.29, 0.717) is 0 Å². The first kappa shape index (κ1) is 63.3. The Hall–Kier alpha value is -15.7. The monoisotopic (exact) mass is 1450 g/mol. The molecule has 0 unspecified atom stereocenters. The van der Waals surface area contributed by atoms with E-state index in [-0.39, 0.29) is 0 Å². The lowest BCUT2D eigenvalue weighted by Gasteiger charge is -2.13. The fourth-order valence-corrected chi connectivity index (χ4v) is 17.4. The maximum atomic E-state index is 6.12. The van der Waals surface area contributed by atoms with Crippen LogP contribution in [0.1, 0.15) is 0 Å². The van der Waals surface area contributed by atoms with Gasteiger partial charge in [0.05, 0.1) is 66.9 Å². The molecule has 0 aliphatic heterocycles. The van der Waals surface area contributed by atoms with Crippen LogP contribution in [0.15, 0.2) is 361 Å². The van der Waals surface area contributed by atoms with Gasteiger partial charge in [-0.3, -0.25) is 18.8 Å². The molecule has 0 atom stereocenters. The second kappa shape index (κ2) is 24.9. The van der Waals surface area contributed by atoms with E-state index in [1.807, 2.05) is 91.3 Å². The zero-order chi connectivity index (χ0) is 74.6. The zero-order valence-corrected chi connectivity index (χ0v) is 60.8. The molecule has 12 nitrogen and oxygen atoms in total. The highest BCUT2D eigenvalue weighted by Gasteiger charge is 2.24. The SMILES string of the molecule is c1ccc(-c2nc3c(ccc4ccccc43)nc2-c2ccc3c(c2)c2ccccc2c2nc4cc(-c5ccc6oc7ccccc7c6c5)ccn4c32)nc1.c1ccc(-c2nc3ccc4ccc(-c5ccc6c(c5)c5ccccc5c5nc7cc(-c8ccc9oc%10ccccc%10c9c8)ccn7c65)cc4c3nc2-c2ccccn2)cc1. The molecule has 0 amide bonds. The molecule has 0 aliphatic rings. The van der Waals surface area contributed by atoms with E-state index >= 15 is 0 Å². The average Bonchev–Trinajstić information content (AvgIpc) is 1.52. The number of pyridine rings is 4. The van der Waals surface area contributed by atoms with Crippen molar-refractivity contribution in [2.45, 2.75) is 0 Å². The topological polar surface area (TPSA) is 138 Å². The number of hydrogen-bond donors (Lipinski definition) is 0. The molecule has 25 rings (SSSR count). The summed E-state index contributed by atoms with van der Waals surface area (Å²) in [5.41, 5.74) is 26.3. The van der Waals surface area contributed by atoms with Crippen LogP contribution in [0, 0.1) is 0 Å². The Balaban J connectivity index is 0.000000132. The molecule has 10 aromatic heterocycles. The summed E-state index contributed by atoms with van der Waals surface area (Å²) in [5, 5.41) is 18.0. The van der Waals surface area contributed by atoms with E-state index < -0.39 is 0 Å². The van der Waals surface area contributed by atoms with Crippen LogP contribution in [0.4, 0.5) is 0 Å². The van der Waals surface area contributed by atoms with Gasteiger partial charge in [-0.25, -0.2) is 29.9 Å². The number of fused-ring (bicyclic) bond motifs is 28. The van der Waals surface area contributed by atoms with Gasteiger partial charge in [-0.15, -0.1) is 0 Å². The fraction of sp³-hybridized carbons (Fsp3) is 0. The number of imidazole rings is 2. The molecule has 12 heteroatoms. The van der Waals surface area contributed by atoms with Gasteiger partial charge in [0.15, 0.2) is 0 Å². The van der Waals surface area contributed by atoms with E-state index in [2.05, 4.69) is 270 Å². The van der Waals surface area contributed by atoms with Crippen molar-refractivity contribution in [1.82, 2.24) is 48.7 Å². The van der Waals surface area contributed by atoms with Gasteiger partial charge in [0, 0.05) is 89.8 Å². The molecule has 0 fully saturated rings. The Morgan fingerprint density at radius 3 is 1.15 bits per heavy atom. The van der Waals surface area contributed by atoms with Crippen molar-refractivity contribution in [2.75, 3.05) is 0 Å². The van der Waals surface area contributed by atoms with Gasteiger partial charge in [0.1, 0.15) is 45.0 Å². The fourth-order valence-electron chi connectivity index (χ4n) is 17.4. The first-order chi connectivity index (χ1) is 56.5. The van der Waals surface area contributed by atoms with E-state index in [1.165, 1.54) is 10.8 Å². The summed E-state index contributed by atoms with van der Waals surface area (Å²) in [4.78, 5) is 41.2. The Kier molecular flexibility index (Phi) is 13.8. The van der Waals surface area contributed by atoms with E-state index in [1.54, 1.807) is 0 Å². The molecule has 0 N–H and O–H groups in total. The van der Waals surface area contributed by atoms with Crippen molar-refractivity contribution in [3.63, 3.8) is 0 Å². The number of nitrogens with zero attached hydrogens (tertiary/aromatic N) is 10. The molecule has 0 bridgehead atoms. The summed E-state index contributed by atoms with van der Waals surface area (Å²) < 4.78 is 16.7. The van der Waals surface area contributed by atoms with Crippen molar-refractivity contribution in [1.29, 1.82) is 0 Å². The number of hydrogen-bond acceptors (Lipinski definition) is 10. The van der Waals surface area contributed by atoms with Crippen LogP contribution in [0.5, 0.6) is 0 Å².